The molecular weight excluding hydrogens is 352 g/mol. The molecule has 1 atom stereocenters. The van der Waals surface area contributed by atoms with Crippen LogP contribution in [-0.2, 0) is 7.05 Å². The van der Waals surface area contributed by atoms with Crippen LogP contribution in [0.15, 0.2) is 65.5 Å². The minimum absolute atomic E-state index is 0.106. The fourth-order valence-corrected chi connectivity index (χ4v) is 3.91. The van der Waals surface area contributed by atoms with E-state index in [1.807, 2.05) is 61.5 Å². The van der Waals surface area contributed by atoms with Crippen molar-refractivity contribution in [1.29, 1.82) is 0 Å². The molecule has 0 spiro atoms. The lowest BCUT2D eigenvalue weighted by atomic mass is 9.82. The van der Waals surface area contributed by atoms with E-state index in [1.54, 1.807) is 20.2 Å². The predicted molar refractivity (Wildman–Crippen MR) is 110 cm³/mol. The van der Waals surface area contributed by atoms with Crippen LogP contribution in [0, 0.1) is 6.92 Å². The number of nitrogens with one attached hydrogen (secondary N) is 1. The summed E-state index contributed by atoms with van der Waals surface area (Å²) < 4.78 is 6.76. The Labute approximate surface area is 162 Å². The highest BCUT2D eigenvalue weighted by atomic mass is 16.5. The molecule has 1 unspecified atom stereocenters. The molecule has 0 aliphatic rings. The summed E-state index contributed by atoms with van der Waals surface area (Å²) in [5.41, 5.74) is 2.93. The van der Waals surface area contributed by atoms with Gasteiger partial charge in [0.2, 0.25) is 0 Å². The Kier molecular flexibility index (Phi) is 4.43. The van der Waals surface area contributed by atoms with E-state index < -0.39 is 5.92 Å². The number of methoxy groups -OCH3 is 1. The molecule has 5 heteroatoms. The summed E-state index contributed by atoms with van der Waals surface area (Å²) in [6.07, 6.45) is 0. The molecule has 4 rings (SSSR count). The number of phenols is 1. The normalized spacial score (nSPS) is 12.2. The maximum absolute atomic E-state index is 13.0. The zero-order valence-electron chi connectivity index (χ0n) is 16.1. The van der Waals surface area contributed by atoms with Gasteiger partial charge in [0.15, 0.2) is 0 Å². The Morgan fingerprint density at radius 1 is 1.00 bits per heavy atom. The number of fused-ring (bicyclic) bond motifs is 1. The SMILES string of the molecule is COc1ccc(C(c2c(C)[nH]n(C)c2=O)c2c(O)ccc3ccccc23)cc1. The third-order valence-corrected chi connectivity index (χ3v) is 5.25. The fraction of sp³-hybridized carbons (Fsp3) is 0.174. The smallest absolute Gasteiger partial charge is 0.270 e. The van der Waals surface area contributed by atoms with Crippen LogP contribution in [0.4, 0.5) is 0 Å². The van der Waals surface area contributed by atoms with Crippen LogP contribution >= 0.6 is 0 Å². The first kappa shape index (κ1) is 17.9. The van der Waals surface area contributed by atoms with Gasteiger partial charge in [0, 0.05) is 24.2 Å². The Balaban J connectivity index is 2.07. The second-order valence-electron chi connectivity index (χ2n) is 6.94. The van der Waals surface area contributed by atoms with Gasteiger partial charge in [-0.3, -0.25) is 14.6 Å². The zero-order valence-corrected chi connectivity index (χ0v) is 16.1. The molecule has 2 N–H and O–H groups in total. The van der Waals surface area contributed by atoms with Gasteiger partial charge in [-0.25, -0.2) is 0 Å². The average Bonchev–Trinajstić information content (AvgIpc) is 2.96. The molecule has 3 aromatic carbocycles. The van der Waals surface area contributed by atoms with Crippen LogP contribution in [0.3, 0.4) is 0 Å². The first-order valence-electron chi connectivity index (χ1n) is 9.11. The van der Waals surface area contributed by atoms with Crippen LogP contribution in [0.5, 0.6) is 11.5 Å². The number of H-pyrrole nitrogens is 1. The van der Waals surface area contributed by atoms with Crippen molar-refractivity contribution in [2.24, 2.45) is 7.05 Å². The van der Waals surface area contributed by atoms with E-state index in [4.69, 9.17) is 4.74 Å². The largest absolute Gasteiger partial charge is 0.508 e. The summed E-state index contributed by atoms with van der Waals surface area (Å²) in [7, 11) is 3.32. The molecule has 1 aromatic heterocycles. The molecule has 0 radical (unpaired) electrons. The van der Waals surface area contributed by atoms with Gasteiger partial charge >= 0.3 is 0 Å². The van der Waals surface area contributed by atoms with Crippen LogP contribution < -0.4 is 10.3 Å². The van der Waals surface area contributed by atoms with E-state index in [2.05, 4.69) is 5.10 Å². The highest BCUT2D eigenvalue weighted by molar-refractivity contribution is 5.89. The second-order valence-corrected chi connectivity index (χ2v) is 6.94. The van der Waals surface area contributed by atoms with Crippen LogP contribution in [0.25, 0.3) is 10.8 Å². The quantitative estimate of drug-likeness (QED) is 0.566. The number of aromatic nitrogens is 2. The summed E-state index contributed by atoms with van der Waals surface area (Å²) in [5.74, 6) is 0.493. The molecule has 5 nitrogen and oxygen atoms in total. The van der Waals surface area contributed by atoms with Crippen molar-refractivity contribution in [1.82, 2.24) is 9.78 Å². The number of benzene rings is 3. The maximum Gasteiger partial charge on any atom is 0.270 e. The number of hydrogen-bond donors (Lipinski definition) is 2. The molecule has 0 saturated carbocycles. The summed E-state index contributed by atoms with van der Waals surface area (Å²) in [6.45, 7) is 1.88. The lowest BCUT2D eigenvalue weighted by Crippen LogP contribution is -2.19. The molecule has 4 aromatic rings. The third-order valence-electron chi connectivity index (χ3n) is 5.25. The first-order chi connectivity index (χ1) is 13.5. The molecular formula is C23H22N2O3. The van der Waals surface area contributed by atoms with Crippen molar-refractivity contribution in [3.05, 3.63) is 93.4 Å². The van der Waals surface area contributed by atoms with Crippen molar-refractivity contribution in [2.45, 2.75) is 12.8 Å². The van der Waals surface area contributed by atoms with Gasteiger partial charge in [-0.2, -0.15) is 0 Å². The summed E-state index contributed by atoms with van der Waals surface area (Å²) in [5, 5.41) is 15.9. The fourth-order valence-electron chi connectivity index (χ4n) is 3.91. The second kappa shape index (κ2) is 6.93. The number of ether oxygens (including phenoxy) is 1. The molecule has 28 heavy (non-hydrogen) atoms. The van der Waals surface area contributed by atoms with Crippen molar-refractivity contribution in [3.63, 3.8) is 0 Å². The Bertz CT molecular complexity index is 1200. The molecule has 0 fully saturated rings. The Morgan fingerprint density at radius 2 is 1.71 bits per heavy atom. The van der Waals surface area contributed by atoms with Crippen molar-refractivity contribution >= 4 is 10.8 Å². The van der Waals surface area contributed by atoms with E-state index in [0.717, 1.165) is 33.3 Å². The molecule has 1 heterocycles. The number of rotatable bonds is 4. The standard InChI is InChI=1S/C23H22N2O3/c1-14-20(23(27)25(2)24-14)21(16-8-11-17(28-3)12-9-16)22-18-7-5-4-6-15(18)10-13-19(22)26/h4-13,21,24,26H,1-3H3. The van der Waals surface area contributed by atoms with Gasteiger partial charge in [-0.05, 0) is 41.5 Å². The number of aryl methyl sites for hydroxylation is 2. The van der Waals surface area contributed by atoms with Gasteiger partial charge in [-0.1, -0.05) is 42.5 Å². The minimum atomic E-state index is -0.415. The maximum atomic E-state index is 13.0. The van der Waals surface area contributed by atoms with Crippen LogP contribution in [-0.4, -0.2) is 22.0 Å². The first-order valence-corrected chi connectivity index (χ1v) is 9.11. The zero-order chi connectivity index (χ0) is 19.8. The predicted octanol–water partition coefficient (Wildman–Crippen LogP) is 4.07. The number of nitrogens with zero attached hydrogens (tertiary/aromatic N) is 1. The van der Waals surface area contributed by atoms with E-state index in [9.17, 15) is 9.90 Å². The highest BCUT2D eigenvalue weighted by Crippen LogP contribution is 2.41. The molecule has 0 aliphatic heterocycles. The van der Waals surface area contributed by atoms with Crippen LogP contribution in [0.1, 0.15) is 28.3 Å². The van der Waals surface area contributed by atoms with E-state index >= 15 is 0 Å². The van der Waals surface area contributed by atoms with Gasteiger partial charge in [0.1, 0.15) is 11.5 Å². The molecule has 0 aliphatic carbocycles. The van der Waals surface area contributed by atoms with Crippen LogP contribution in [0.2, 0.25) is 0 Å². The van der Waals surface area contributed by atoms with Crippen molar-refractivity contribution in [2.75, 3.05) is 7.11 Å². The van der Waals surface area contributed by atoms with E-state index in [-0.39, 0.29) is 11.3 Å². The summed E-state index contributed by atoms with van der Waals surface area (Å²) >= 11 is 0. The molecule has 142 valence electrons. The topological polar surface area (TPSA) is 67.2 Å². The number of hydrogen-bond acceptors (Lipinski definition) is 3. The van der Waals surface area contributed by atoms with Gasteiger partial charge < -0.3 is 9.84 Å². The van der Waals surface area contributed by atoms with Crippen molar-refractivity contribution in [3.8, 4) is 11.5 Å². The van der Waals surface area contributed by atoms with Gasteiger partial charge in [-0.15, -0.1) is 0 Å². The monoisotopic (exact) mass is 374 g/mol. The molecule has 0 bridgehead atoms. The Morgan fingerprint density at radius 3 is 2.36 bits per heavy atom. The highest BCUT2D eigenvalue weighted by Gasteiger charge is 2.28. The minimum Gasteiger partial charge on any atom is -0.508 e. The lowest BCUT2D eigenvalue weighted by molar-refractivity contribution is 0.414. The molecule has 0 amide bonds. The number of aromatic hydroxyl groups is 1. The summed E-state index contributed by atoms with van der Waals surface area (Å²) in [6, 6.07) is 19.1. The third kappa shape index (κ3) is 2.85. The van der Waals surface area contributed by atoms with Gasteiger partial charge in [0.05, 0.1) is 12.7 Å². The lowest BCUT2D eigenvalue weighted by Gasteiger charge is -2.21. The summed E-state index contributed by atoms with van der Waals surface area (Å²) in [4.78, 5) is 13.0. The number of aromatic amines is 1. The molecule has 0 saturated heterocycles. The van der Waals surface area contributed by atoms with E-state index in [0.29, 0.717) is 5.56 Å². The number of phenolic OH excluding ortho intramolecular Hbond substituents is 1. The van der Waals surface area contributed by atoms with E-state index in [1.165, 1.54) is 4.68 Å². The van der Waals surface area contributed by atoms with Gasteiger partial charge in [0.25, 0.3) is 5.56 Å². The van der Waals surface area contributed by atoms with Crippen molar-refractivity contribution < 1.29 is 9.84 Å². The average molecular weight is 374 g/mol. The Hall–Kier alpha value is -3.47.